The summed E-state index contributed by atoms with van der Waals surface area (Å²) in [5.74, 6) is 1.66. The lowest BCUT2D eigenvalue weighted by Gasteiger charge is -2.24. The van der Waals surface area contributed by atoms with Crippen molar-refractivity contribution >= 4 is 27.7 Å². The standard InChI is InChI=1S/C13H21BrN4O/c1-3-6-15-13-16-9-11(14)12(17-13)18(7-8-19-2)10-4-5-10/h9-10H,3-8H2,1-2H3,(H,15,16,17). The molecule has 0 bridgehead atoms. The molecule has 0 amide bonds. The SMILES string of the molecule is CCCNc1ncc(Br)c(N(CCOC)C2CC2)n1. The molecule has 0 saturated heterocycles. The Hall–Kier alpha value is -0.880. The molecule has 19 heavy (non-hydrogen) atoms. The first-order chi connectivity index (χ1) is 9.26. The van der Waals surface area contributed by atoms with Crippen molar-refractivity contribution in [3.8, 4) is 0 Å². The van der Waals surface area contributed by atoms with E-state index >= 15 is 0 Å². The Balaban J connectivity index is 2.14. The average Bonchev–Trinajstić information content (AvgIpc) is 3.24. The second-order valence-corrected chi connectivity index (χ2v) is 5.56. The van der Waals surface area contributed by atoms with Gasteiger partial charge in [-0.3, -0.25) is 0 Å². The van der Waals surface area contributed by atoms with Gasteiger partial charge in [0.1, 0.15) is 5.82 Å². The maximum Gasteiger partial charge on any atom is 0.224 e. The molecule has 106 valence electrons. The van der Waals surface area contributed by atoms with Crippen LogP contribution >= 0.6 is 15.9 Å². The Kier molecular flexibility index (Phi) is 5.39. The van der Waals surface area contributed by atoms with Gasteiger partial charge >= 0.3 is 0 Å². The summed E-state index contributed by atoms with van der Waals surface area (Å²) in [5.41, 5.74) is 0. The maximum atomic E-state index is 5.19. The summed E-state index contributed by atoms with van der Waals surface area (Å²) in [7, 11) is 1.73. The molecule has 0 aromatic carbocycles. The molecule has 1 aliphatic rings. The van der Waals surface area contributed by atoms with Gasteiger partial charge in [0.2, 0.25) is 5.95 Å². The largest absolute Gasteiger partial charge is 0.383 e. The van der Waals surface area contributed by atoms with E-state index in [9.17, 15) is 0 Å². The van der Waals surface area contributed by atoms with Gasteiger partial charge in [-0.1, -0.05) is 6.92 Å². The Morgan fingerprint density at radius 1 is 1.53 bits per heavy atom. The fourth-order valence-electron chi connectivity index (χ4n) is 1.92. The molecular weight excluding hydrogens is 308 g/mol. The molecule has 1 fully saturated rings. The number of rotatable bonds is 8. The summed E-state index contributed by atoms with van der Waals surface area (Å²) in [4.78, 5) is 11.2. The molecule has 2 rings (SSSR count). The van der Waals surface area contributed by atoms with Crippen LogP contribution in [-0.2, 0) is 4.74 Å². The fraction of sp³-hybridized carbons (Fsp3) is 0.692. The number of nitrogens with zero attached hydrogens (tertiary/aromatic N) is 3. The summed E-state index contributed by atoms with van der Waals surface area (Å²) >= 11 is 3.55. The Morgan fingerprint density at radius 2 is 2.32 bits per heavy atom. The quantitative estimate of drug-likeness (QED) is 0.795. The van der Waals surface area contributed by atoms with E-state index in [4.69, 9.17) is 4.74 Å². The summed E-state index contributed by atoms with van der Waals surface area (Å²) < 4.78 is 6.13. The number of hydrogen-bond acceptors (Lipinski definition) is 5. The van der Waals surface area contributed by atoms with Crippen LogP contribution in [0.4, 0.5) is 11.8 Å². The highest BCUT2D eigenvalue weighted by molar-refractivity contribution is 9.10. The van der Waals surface area contributed by atoms with Crippen molar-refractivity contribution in [3.05, 3.63) is 10.7 Å². The molecule has 0 atom stereocenters. The van der Waals surface area contributed by atoms with Crippen molar-refractivity contribution < 1.29 is 4.74 Å². The van der Waals surface area contributed by atoms with Crippen molar-refractivity contribution in [2.24, 2.45) is 0 Å². The minimum atomic E-state index is 0.598. The third-order valence-corrected chi connectivity index (χ3v) is 3.61. The zero-order valence-electron chi connectivity index (χ0n) is 11.5. The predicted molar refractivity (Wildman–Crippen MR) is 80.8 cm³/mol. The monoisotopic (exact) mass is 328 g/mol. The first-order valence-corrected chi connectivity index (χ1v) is 7.57. The fourth-order valence-corrected chi connectivity index (χ4v) is 2.34. The van der Waals surface area contributed by atoms with Gasteiger partial charge < -0.3 is 15.0 Å². The van der Waals surface area contributed by atoms with E-state index in [-0.39, 0.29) is 0 Å². The lowest BCUT2D eigenvalue weighted by atomic mass is 10.4. The molecule has 1 N–H and O–H groups in total. The molecule has 1 aliphatic carbocycles. The first kappa shape index (κ1) is 14.5. The molecule has 0 aliphatic heterocycles. The highest BCUT2D eigenvalue weighted by Crippen LogP contribution is 2.34. The van der Waals surface area contributed by atoms with Crippen LogP contribution in [0.1, 0.15) is 26.2 Å². The Morgan fingerprint density at radius 3 is 2.95 bits per heavy atom. The van der Waals surface area contributed by atoms with Crippen LogP contribution in [0, 0.1) is 0 Å². The molecular formula is C13H21BrN4O. The van der Waals surface area contributed by atoms with Gasteiger partial charge in [-0.05, 0) is 35.2 Å². The molecule has 1 aromatic rings. The molecule has 0 radical (unpaired) electrons. The number of nitrogens with one attached hydrogen (secondary N) is 1. The predicted octanol–water partition coefficient (Wildman–Crippen LogP) is 2.68. The number of aromatic nitrogens is 2. The summed E-state index contributed by atoms with van der Waals surface area (Å²) in [6.45, 7) is 4.60. The second-order valence-electron chi connectivity index (χ2n) is 4.71. The van der Waals surface area contributed by atoms with E-state index in [1.54, 1.807) is 7.11 Å². The third kappa shape index (κ3) is 4.04. The van der Waals surface area contributed by atoms with Crippen molar-refractivity contribution in [2.75, 3.05) is 37.0 Å². The number of methoxy groups -OCH3 is 1. The third-order valence-electron chi connectivity index (χ3n) is 3.05. The van der Waals surface area contributed by atoms with Crippen LogP contribution < -0.4 is 10.2 Å². The van der Waals surface area contributed by atoms with Crippen LogP contribution in [0.25, 0.3) is 0 Å². The van der Waals surface area contributed by atoms with Crippen molar-refractivity contribution in [2.45, 2.75) is 32.2 Å². The lowest BCUT2D eigenvalue weighted by Crippen LogP contribution is -2.31. The van der Waals surface area contributed by atoms with E-state index in [2.05, 4.69) is 43.0 Å². The molecule has 5 nitrogen and oxygen atoms in total. The van der Waals surface area contributed by atoms with Crippen LogP contribution in [0.2, 0.25) is 0 Å². The van der Waals surface area contributed by atoms with E-state index in [1.165, 1.54) is 12.8 Å². The van der Waals surface area contributed by atoms with E-state index in [0.29, 0.717) is 18.6 Å². The van der Waals surface area contributed by atoms with Crippen LogP contribution in [0.5, 0.6) is 0 Å². The lowest BCUT2D eigenvalue weighted by molar-refractivity contribution is 0.204. The average molecular weight is 329 g/mol. The van der Waals surface area contributed by atoms with Gasteiger partial charge in [-0.2, -0.15) is 4.98 Å². The van der Waals surface area contributed by atoms with E-state index < -0.39 is 0 Å². The zero-order chi connectivity index (χ0) is 13.7. The number of hydrogen-bond donors (Lipinski definition) is 1. The minimum Gasteiger partial charge on any atom is -0.383 e. The second kappa shape index (κ2) is 7.05. The topological polar surface area (TPSA) is 50.3 Å². The number of ether oxygens (including phenoxy) is 1. The molecule has 0 spiro atoms. The van der Waals surface area contributed by atoms with Crippen LogP contribution in [0.3, 0.4) is 0 Å². The van der Waals surface area contributed by atoms with Gasteiger partial charge in [0, 0.05) is 32.4 Å². The van der Waals surface area contributed by atoms with Crippen LogP contribution in [-0.4, -0.2) is 42.8 Å². The number of anilines is 2. The molecule has 0 unspecified atom stereocenters. The van der Waals surface area contributed by atoms with Crippen molar-refractivity contribution in [1.29, 1.82) is 0 Å². The zero-order valence-corrected chi connectivity index (χ0v) is 13.1. The summed E-state index contributed by atoms with van der Waals surface area (Å²) in [5, 5.41) is 3.23. The highest BCUT2D eigenvalue weighted by Gasteiger charge is 2.31. The molecule has 1 saturated carbocycles. The van der Waals surface area contributed by atoms with E-state index in [1.807, 2.05) is 6.20 Å². The van der Waals surface area contributed by atoms with Gasteiger partial charge in [-0.25, -0.2) is 4.98 Å². The summed E-state index contributed by atoms with van der Waals surface area (Å²) in [6.07, 6.45) is 5.35. The first-order valence-electron chi connectivity index (χ1n) is 6.78. The van der Waals surface area contributed by atoms with Crippen LogP contribution in [0.15, 0.2) is 10.7 Å². The van der Waals surface area contributed by atoms with Gasteiger partial charge in [-0.15, -0.1) is 0 Å². The Bertz CT molecular complexity index is 412. The van der Waals surface area contributed by atoms with Gasteiger partial charge in [0.05, 0.1) is 11.1 Å². The van der Waals surface area contributed by atoms with Gasteiger partial charge in [0.15, 0.2) is 0 Å². The molecule has 1 aromatic heterocycles. The minimum absolute atomic E-state index is 0.598. The Labute approximate surface area is 122 Å². The summed E-state index contributed by atoms with van der Waals surface area (Å²) in [6, 6.07) is 0.598. The highest BCUT2D eigenvalue weighted by atomic mass is 79.9. The van der Waals surface area contributed by atoms with E-state index in [0.717, 1.165) is 29.8 Å². The number of halogens is 1. The van der Waals surface area contributed by atoms with Gasteiger partial charge in [0.25, 0.3) is 0 Å². The molecule has 1 heterocycles. The smallest absolute Gasteiger partial charge is 0.224 e. The normalized spacial score (nSPS) is 14.5. The van der Waals surface area contributed by atoms with Crippen molar-refractivity contribution in [3.63, 3.8) is 0 Å². The molecule has 6 heteroatoms. The maximum absolute atomic E-state index is 5.19. The van der Waals surface area contributed by atoms with Crippen molar-refractivity contribution in [1.82, 2.24) is 9.97 Å².